The van der Waals surface area contributed by atoms with Crippen LogP contribution in [0, 0.1) is 0 Å². The summed E-state index contributed by atoms with van der Waals surface area (Å²) in [6, 6.07) is 21.7. The minimum absolute atomic E-state index is 0.268. The molecule has 1 amide bonds. The zero-order chi connectivity index (χ0) is 25.8. The van der Waals surface area contributed by atoms with Crippen molar-refractivity contribution in [2.24, 2.45) is 5.73 Å². The van der Waals surface area contributed by atoms with Gasteiger partial charge in [0.05, 0.1) is 5.52 Å². The van der Waals surface area contributed by atoms with Crippen LogP contribution in [-0.2, 0) is 4.79 Å². The highest BCUT2D eigenvalue weighted by molar-refractivity contribution is 6.18. The predicted molar refractivity (Wildman–Crippen MR) is 148 cm³/mol. The summed E-state index contributed by atoms with van der Waals surface area (Å²) in [4.78, 5) is 25.4. The topological polar surface area (TPSA) is 87.4 Å². The number of carbonyl (C=O) groups is 1. The van der Waals surface area contributed by atoms with Crippen molar-refractivity contribution in [1.82, 2.24) is 14.9 Å². The van der Waals surface area contributed by atoms with Crippen LogP contribution in [0.15, 0.2) is 79.5 Å². The molecule has 3 N–H and O–H groups in total. The molecule has 3 aromatic carbocycles. The van der Waals surface area contributed by atoms with Crippen LogP contribution in [0.1, 0.15) is 5.56 Å². The molecule has 7 nitrogen and oxygen atoms in total. The Hall–Kier alpha value is -4.30. The van der Waals surface area contributed by atoms with Crippen LogP contribution in [-0.4, -0.2) is 60.2 Å². The van der Waals surface area contributed by atoms with Crippen molar-refractivity contribution >= 4 is 39.7 Å². The third-order valence-corrected chi connectivity index (χ3v) is 6.69. The van der Waals surface area contributed by atoms with E-state index in [9.17, 15) is 9.18 Å². The molecule has 188 valence electrons. The highest BCUT2D eigenvalue weighted by Crippen LogP contribution is 2.30. The first kappa shape index (κ1) is 24.4. The van der Waals surface area contributed by atoms with Gasteiger partial charge in [-0.05, 0) is 41.5 Å². The largest absolute Gasteiger partial charge is 0.369 e. The highest BCUT2D eigenvalue weighted by Gasteiger charge is 2.17. The summed E-state index contributed by atoms with van der Waals surface area (Å²) in [5.74, 6) is -0.0563. The van der Waals surface area contributed by atoms with Crippen LogP contribution < -0.4 is 16.0 Å². The maximum absolute atomic E-state index is 12.6. The Labute approximate surface area is 215 Å². The molecule has 0 bridgehead atoms. The molecular formula is C29H29FN6O. The number of alkyl halides is 1. The van der Waals surface area contributed by atoms with Gasteiger partial charge < -0.3 is 16.0 Å². The van der Waals surface area contributed by atoms with Crippen LogP contribution in [0.4, 0.5) is 21.7 Å². The maximum atomic E-state index is 12.6. The Morgan fingerprint density at radius 3 is 2.51 bits per heavy atom. The number of fused-ring (bicyclic) bond motifs is 1. The molecule has 37 heavy (non-hydrogen) atoms. The summed E-state index contributed by atoms with van der Waals surface area (Å²) in [5.41, 5.74) is 11.0. The van der Waals surface area contributed by atoms with E-state index in [1.54, 1.807) is 6.20 Å². The lowest BCUT2D eigenvalue weighted by atomic mass is 9.98. The lowest BCUT2D eigenvalue weighted by Crippen LogP contribution is -2.47. The standard InChI is InChI=1S/C29H29FN6O/c1-20(28(31)37)21-4-2-5-22(18-21)26-7-3-6-23-19-32-29(34-27(23)26)33-24-8-10-25(11-9-24)36-16-14-35(13-12-30)15-17-36/h2-11,18-19H,1,12-17H2,(H2,31,37)(H,32,33,34). The number of hydrogen-bond donors (Lipinski definition) is 2. The number of para-hydroxylation sites is 1. The first-order valence-electron chi connectivity index (χ1n) is 12.3. The Morgan fingerprint density at radius 1 is 1.03 bits per heavy atom. The summed E-state index contributed by atoms with van der Waals surface area (Å²) in [6.07, 6.45) is 1.80. The van der Waals surface area contributed by atoms with E-state index in [2.05, 4.69) is 38.8 Å². The fourth-order valence-electron chi connectivity index (χ4n) is 4.60. The molecule has 8 heteroatoms. The Kier molecular flexibility index (Phi) is 7.09. The van der Waals surface area contributed by atoms with Crippen LogP contribution in [0.2, 0.25) is 0 Å². The van der Waals surface area contributed by atoms with E-state index >= 15 is 0 Å². The Balaban J connectivity index is 1.36. The molecular weight excluding hydrogens is 467 g/mol. The lowest BCUT2D eigenvalue weighted by molar-refractivity contribution is -0.112. The number of nitrogens with one attached hydrogen (secondary N) is 1. The van der Waals surface area contributed by atoms with Gasteiger partial charge >= 0.3 is 0 Å². The van der Waals surface area contributed by atoms with E-state index in [0.717, 1.165) is 59.6 Å². The number of primary amides is 1. The van der Waals surface area contributed by atoms with Crippen LogP contribution in [0.5, 0.6) is 0 Å². The van der Waals surface area contributed by atoms with Crippen molar-refractivity contribution in [2.75, 3.05) is 49.6 Å². The molecule has 5 rings (SSSR count). The van der Waals surface area contributed by atoms with Gasteiger partial charge in [-0.2, -0.15) is 0 Å². The van der Waals surface area contributed by atoms with E-state index in [1.807, 2.05) is 54.6 Å². The number of hydrogen-bond acceptors (Lipinski definition) is 6. The van der Waals surface area contributed by atoms with Crippen molar-refractivity contribution in [3.63, 3.8) is 0 Å². The van der Waals surface area contributed by atoms with E-state index in [-0.39, 0.29) is 12.2 Å². The fraction of sp³-hybridized carbons (Fsp3) is 0.207. The van der Waals surface area contributed by atoms with Gasteiger partial charge in [0.1, 0.15) is 6.67 Å². The smallest absolute Gasteiger partial charge is 0.248 e. The van der Waals surface area contributed by atoms with Gasteiger partial charge in [0.15, 0.2) is 0 Å². The molecule has 0 radical (unpaired) electrons. The number of benzene rings is 3. The minimum Gasteiger partial charge on any atom is -0.369 e. The zero-order valence-corrected chi connectivity index (χ0v) is 20.5. The molecule has 0 atom stereocenters. The predicted octanol–water partition coefficient (Wildman–Crippen LogP) is 4.63. The monoisotopic (exact) mass is 496 g/mol. The van der Waals surface area contributed by atoms with Gasteiger partial charge in [0.2, 0.25) is 11.9 Å². The SMILES string of the molecule is C=C(C(N)=O)c1cccc(-c2cccc3cnc(Nc4ccc(N5CCN(CCF)CC5)cc4)nc23)c1. The molecule has 0 aliphatic carbocycles. The summed E-state index contributed by atoms with van der Waals surface area (Å²) in [6.45, 7) is 7.53. The number of nitrogens with zero attached hydrogens (tertiary/aromatic N) is 4. The van der Waals surface area contributed by atoms with Crippen LogP contribution in [0.25, 0.3) is 27.6 Å². The van der Waals surface area contributed by atoms with Gasteiger partial charge in [0.25, 0.3) is 0 Å². The normalized spacial score (nSPS) is 14.0. The number of rotatable bonds is 8. The van der Waals surface area contributed by atoms with Gasteiger partial charge in [-0.3, -0.25) is 9.69 Å². The maximum Gasteiger partial charge on any atom is 0.248 e. The molecule has 1 saturated heterocycles. The number of amides is 1. The number of carbonyl (C=O) groups excluding carboxylic acids is 1. The van der Waals surface area contributed by atoms with Crippen molar-refractivity contribution in [2.45, 2.75) is 0 Å². The van der Waals surface area contributed by atoms with Crippen molar-refractivity contribution in [3.8, 4) is 11.1 Å². The molecule has 0 spiro atoms. The first-order valence-corrected chi connectivity index (χ1v) is 12.3. The second-order valence-corrected chi connectivity index (χ2v) is 9.05. The van der Waals surface area contributed by atoms with Crippen molar-refractivity contribution in [3.05, 3.63) is 85.1 Å². The van der Waals surface area contributed by atoms with E-state index in [1.165, 1.54) is 0 Å². The molecule has 0 saturated carbocycles. The zero-order valence-electron chi connectivity index (χ0n) is 20.5. The average molecular weight is 497 g/mol. The van der Waals surface area contributed by atoms with Crippen molar-refractivity contribution < 1.29 is 9.18 Å². The quantitative estimate of drug-likeness (QED) is 0.346. The number of nitrogens with two attached hydrogens (primary N) is 1. The molecule has 1 aliphatic heterocycles. The molecule has 0 unspecified atom stereocenters. The third kappa shape index (κ3) is 5.44. The molecule has 1 aliphatic rings. The van der Waals surface area contributed by atoms with Gasteiger partial charge in [-0.1, -0.05) is 43.0 Å². The minimum atomic E-state index is -0.547. The number of anilines is 3. The molecule has 4 aromatic rings. The van der Waals surface area contributed by atoms with E-state index < -0.39 is 5.91 Å². The second kappa shape index (κ2) is 10.8. The van der Waals surface area contributed by atoms with E-state index in [4.69, 9.17) is 10.7 Å². The van der Waals surface area contributed by atoms with Crippen molar-refractivity contribution in [1.29, 1.82) is 0 Å². The number of piperazine rings is 1. The second-order valence-electron chi connectivity index (χ2n) is 9.05. The highest BCUT2D eigenvalue weighted by atomic mass is 19.1. The molecule has 1 fully saturated rings. The average Bonchev–Trinajstić information content (AvgIpc) is 2.93. The summed E-state index contributed by atoms with van der Waals surface area (Å²) in [7, 11) is 0. The summed E-state index contributed by atoms with van der Waals surface area (Å²) < 4.78 is 12.6. The number of halogens is 1. The van der Waals surface area contributed by atoms with E-state index in [0.29, 0.717) is 18.1 Å². The Morgan fingerprint density at radius 2 is 1.78 bits per heavy atom. The molecule has 1 aromatic heterocycles. The van der Waals surface area contributed by atoms with Gasteiger partial charge in [0, 0.05) is 66.8 Å². The summed E-state index contributed by atoms with van der Waals surface area (Å²) in [5, 5.41) is 4.21. The van der Waals surface area contributed by atoms with Crippen LogP contribution in [0.3, 0.4) is 0 Å². The number of aromatic nitrogens is 2. The van der Waals surface area contributed by atoms with Gasteiger partial charge in [-0.15, -0.1) is 0 Å². The Bertz CT molecular complexity index is 1430. The first-order chi connectivity index (χ1) is 18.0. The lowest BCUT2D eigenvalue weighted by Gasteiger charge is -2.35. The molecule has 2 heterocycles. The third-order valence-electron chi connectivity index (χ3n) is 6.69. The fourth-order valence-corrected chi connectivity index (χ4v) is 4.60. The van der Waals surface area contributed by atoms with Crippen LogP contribution >= 0.6 is 0 Å². The van der Waals surface area contributed by atoms with Gasteiger partial charge in [-0.25, -0.2) is 14.4 Å². The summed E-state index contributed by atoms with van der Waals surface area (Å²) >= 11 is 0.